The van der Waals surface area contributed by atoms with E-state index in [1.807, 2.05) is 0 Å². The number of anilines is 1. The summed E-state index contributed by atoms with van der Waals surface area (Å²) < 4.78 is 5.00. The Morgan fingerprint density at radius 3 is 2.90 bits per heavy atom. The molecule has 1 aromatic carbocycles. The summed E-state index contributed by atoms with van der Waals surface area (Å²) in [4.78, 5) is 35.5. The minimum atomic E-state index is -1.04. The molecule has 1 unspecified atom stereocenters. The van der Waals surface area contributed by atoms with Crippen LogP contribution in [0.4, 0.5) is 10.5 Å². The van der Waals surface area contributed by atoms with Crippen molar-refractivity contribution in [1.29, 1.82) is 0 Å². The van der Waals surface area contributed by atoms with Gasteiger partial charge in [-0.1, -0.05) is 6.07 Å². The summed E-state index contributed by atoms with van der Waals surface area (Å²) in [7, 11) is 0. The molecule has 1 atom stereocenters. The zero-order valence-corrected chi connectivity index (χ0v) is 10.5. The number of ether oxygens (including phenoxy) is 1. The van der Waals surface area contributed by atoms with Crippen molar-refractivity contribution in [3.05, 3.63) is 29.3 Å². The van der Waals surface area contributed by atoms with Gasteiger partial charge in [-0.05, 0) is 17.7 Å². The summed E-state index contributed by atoms with van der Waals surface area (Å²) in [6.07, 6.45) is -0.671. The summed E-state index contributed by atoms with van der Waals surface area (Å²) in [5.74, 6) is -1.16. The minimum absolute atomic E-state index is 0.120. The van der Waals surface area contributed by atoms with Crippen LogP contribution < -0.4 is 10.2 Å². The number of rotatable bonds is 3. The van der Waals surface area contributed by atoms with Crippen LogP contribution in [0.2, 0.25) is 0 Å². The summed E-state index contributed by atoms with van der Waals surface area (Å²) >= 11 is 0. The number of hydrogen-bond donors (Lipinski definition) is 2. The number of carboxylic acid groups (broad SMARTS) is 1. The predicted molar refractivity (Wildman–Crippen MR) is 67.7 cm³/mol. The fourth-order valence-corrected chi connectivity index (χ4v) is 2.43. The Morgan fingerprint density at radius 1 is 1.45 bits per heavy atom. The van der Waals surface area contributed by atoms with E-state index in [1.54, 1.807) is 6.07 Å². The van der Waals surface area contributed by atoms with Gasteiger partial charge in [0.1, 0.15) is 6.10 Å². The number of nitrogens with zero attached hydrogens (tertiary/aromatic N) is 1. The van der Waals surface area contributed by atoms with E-state index in [4.69, 9.17) is 9.84 Å². The van der Waals surface area contributed by atoms with Crippen molar-refractivity contribution in [3.63, 3.8) is 0 Å². The van der Waals surface area contributed by atoms with Crippen molar-refractivity contribution in [2.24, 2.45) is 0 Å². The van der Waals surface area contributed by atoms with Gasteiger partial charge in [-0.25, -0.2) is 9.59 Å². The van der Waals surface area contributed by atoms with E-state index in [9.17, 15) is 14.4 Å². The maximum atomic E-state index is 12.0. The smallest absolute Gasteiger partial charge is 0.407 e. The molecule has 7 heteroatoms. The summed E-state index contributed by atoms with van der Waals surface area (Å²) in [5.41, 5.74) is 1.50. The molecule has 0 bridgehead atoms. The number of cyclic esters (lactones) is 1. The molecule has 0 aliphatic carbocycles. The molecule has 2 amide bonds. The van der Waals surface area contributed by atoms with Gasteiger partial charge in [-0.2, -0.15) is 0 Å². The standard InChI is InChI=1S/C13H12N2O5/c16-11-4-7-1-2-8(12(17)18)3-10(7)15(11)6-9-5-14-13(19)20-9/h1-3,9H,4-6H2,(H,14,19)(H,17,18). The quantitative estimate of drug-likeness (QED) is 0.832. The van der Waals surface area contributed by atoms with E-state index in [0.29, 0.717) is 12.2 Å². The molecule has 1 saturated heterocycles. The van der Waals surface area contributed by atoms with E-state index < -0.39 is 18.2 Å². The Kier molecular flexibility index (Phi) is 2.81. The molecule has 1 aromatic rings. The molecule has 20 heavy (non-hydrogen) atoms. The molecule has 7 nitrogen and oxygen atoms in total. The van der Waals surface area contributed by atoms with Crippen molar-refractivity contribution in [1.82, 2.24) is 5.32 Å². The zero-order valence-electron chi connectivity index (χ0n) is 10.5. The van der Waals surface area contributed by atoms with Gasteiger partial charge in [-0.15, -0.1) is 0 Å². The topological polar surface area (TPSA) is 95.9 Å². The van der Waals surface area contributed by atoms with Gasteiger partial charge < -0.3 is 20.1 Å². The average Bonchev–Trinajstić information content (AvgIpc) is 2.94. The third kappa shape index (κ3) is 2.07. The van der Waals surface area contributed by atoms with Gasteiger partial charge in [-0.3, -0.25) is 4.79 Å². The first-order chi connectivity index (χ1) is 9.54. The third-order valence-electron chi connectivity index (χ3n) is 3.40. The fraction of sp³-hybridized carbons (Fsp3) is 0.308. The number of fused-ring (bicyclic) bond motifs is 1. The number of nitrogens with one attached hydrogen (secondary N) is 1. The number of aromatic carboxylic acids is 1. The molecule has 2 heterocycles. The van der Waals surface area contributed by atoms with E-state index in [1.165, 1.54) is 17.0 Å². The highest BCUT2D eigenvalue weighted by Crippen LogP contribution is 2.30. The molecule has 2 aliphatic heterocycles. The number of hydrogen-bond acceptors (Lipinski definition) is 4. The Morgan fingerprint density at radius 2 is 2.25 bits per heavy atom. The third-order valence-corrected chi connectivity index (χ3v) is 3.40. The van der Waals surface area contributed by atoms with Crippen molar-refractivity contribution in [3.8, 4) is 0 Å². The highest BCUT2D eigenvalue weighted by molar-refractivity contribution is 6.03. The molecule has 0 radical (unpaired) electrons. The van der Waals surface area contributed by atoms with Gasteiger partial charge in [0, 0.05) is 5.69 Å². The lowest BCUT2D eigenvalue weighted by atomic mass is 10.1. The van der Waals surface area contributed by atoms with Crippen LogP contribution >= 0.6 is 0 Å². The highest BCUT2D eigenvalue weighted by atomic mass is 16.6. The van der Waals surface area contributed by atoms with Crippen LogP contribution in [0.25, 0.3) is 0 Å². The largest absolute Gasteiger partial charge is 0.478 e. The van der Waals surface area contributed by atoms with Gasteiger partial charge in [0.15, 0.2) is 0 Å². The Hall–Kier alpha value is -2.57. The first-order valence-electron chi connectivity index (χ1n) is 6.15. The number of carboxylic acids is 1. The molecule has 1 fully saturated rings. The Balaban J connectivity index is 1.86. The van der Waals surface area contributed by atoms with E-state index in [-0.39, 0.29) is 24.4 Å². The van der Waals surface area contributed by atoms with E-state index in [0.717, 1.165) is 5.56 Å². The lowest BCUT2D eigenvalue weighted by Crippen LogP contribution is -2.36. The maximum absolute atomic E-state index is 12.0. The number of amides is 2. The molecule has 104 valence electrons. The summed E-state index contributed by atoms with van der Waals surface area (Å²) in [5, 5.41) is 11.5. The highest BCUT2D eigenvalue weighted by Gasteiger charge is 2.33. The maximum Gasteiger partial charge on any atom is 0.407 e. The second kappa shape index (κ2) is 4.52. The summed E-state index contributed by atoms with van der Waals surface area (Å²) in [6, 6.07) is 4.61. The van der Waals surface area contributed by atoms with Crippen LogP contribution in [0.5, 0.6) is 0 Å². The van der Waals surface area contributed by atoms with Crippen molar-refractivity contribution in [2.45, 2.75) is 12.5 Å². The van der Waals surface area contributed by atoms with Crippen LogP contribution in [0.15, 0.2) is 18.2 Å². The average molecular weight is 276 g/mol. The molecule has 0 saturated carbocycles. The zero-order chi connectivity index (χ0) is 14.3. The van der Waals surface area contributed by atoms with Crippen molar-refractivity contribution in [2.75, 3.05) is 18.0 Å². The van der Waals surface area contributed by atoms with Gasteiger partial charge in [0.05, 0.1) is 25.1 Å². The second-order valence-corrected chi connectivity index (χ2v) is 4.74. The van der Waals surface area contributed by atoms with Crippen molar-refractivity contribution >= 4 is 23.7 Å². The number of carbonyl (C=O) groups excluding carboxylic acids is 2. The van der Waals surface area contributed by atoms with Crippen LogP contribution in [0.3, 0.4) is 0 Å². The lowest BCUT2D eigenvalue weighted by molar-refractivity contribution is -0.117. The van der Waals surface area contributed by atoms with Crippen LogP contribution in [-0.4, -0.2) is 42.3 Å². The monoisotopic (exact) mass is 276 g/mol. The van der Waals surface area contributed by atoms with Crippen molar-refractivity contribution < 1.29 is 24.2 Å². The van der Waals surface area contributed by atoms with E-state index in [2.05, 4.69) is 5.32 Å². The number of carbonyl (C=O) groups is 3. The van der Waals surface area contributed by atoms with Gasteiger partial charge >= 0.3 is 12.1 Å². The molecule has 2 aliphatic rings. The molecule has 3 rings (SSSR count). The van der Waals surface area contributed by atoms with Crippen LogP contribution in [0, 0.1) is 0 Å². The Bertz CT molecular complexity index is 613. The first-order valence-corrected chi connectivity index (χ1v) is 6.15. The molecule has 0 spiro atoms. The first kappa shape index (κ1) is 12.5. The normalized spacial score (nSPS) is 20.6. The second-order valence-electron chi connectivity index (χ2n) is 4.74. The van der Waals surface area contributed by atoms with Gasteiger partial charge in [0.25, 0.3) is 0 Å². The van der Waals surface area contributed by atoms with Crippen LogP contribution in [0.1, 0.15) is 15.9 Å². The fourth-order valence-electron chi connectivity index (χ4n) is 2.43. The molecular weight excluding hydrogens is 264 g/mol. The van der Waals surface area contributed by atoms with Gasteiger partial charge in [0.2, 0.25) is 5.91 Å². The molecule has 2 N–H and O–H groups in total. The SMILES string of the molecule is O=C1NCC(CN2C(=O)Cc3ccc(C(=O)O)cc32)O1. The summed E-state index contributed by atoms with van der Waals surface area (Å²) in [6.45, 7) is 0.574. The number of alkyl carbamates (subject to hydrolysis) is 1. The Labute approximate surface area is 114 Å². The molecular formula is C13H12N2O5. The van der Waals surface area contributed by atoms with Crippen LogP contribution in [-0.2, 0) is 16.0 Å². The predicted octanol–water partition coefficient (Wildman–Crippen LogP) is 0.382. The number of benzene rings is 1. The molecule has 0 aromatic heterocycles. The minimum Gasteiger partial charge on any atom is -0.478 e. The van der Waals surface area contributed by atoms with E-state index >= 15 is 0 Å². The lowest BCUT2D eigenvalue weighted by Gasteiger charge is -2.20.